The highest BCUT2D eigenvalue weighted by Gasteiger charge is 2.07. The second-order valence-corrected chi connectivity index (χ2v) is 3.05. The summed E-state index contributed by atoms with van der Waals surface area (Å²) in [5.74, 6) is 1.35. The fourth-order valence-electron chi connectivity index (χ4n) is 1.10. The van der Waals surface area contributed by atoms with Gasteiger partial charge in [-0.05, 0) is 13.3 Å². The molecule has 0 radical (unpaired) electrons. The molecule has 0 saturated carbocycles. The van der Waals surface area contributed by atoms with E-state index in [1.165, 1.54) is 0 Å². The lowest BCUT2D eigenvalue weighted by molar-refractivity contribution is 0.657. The largest absolute Gasteiger partial charge is 0.346 e. The van der Waals surface area contributed by atoms with Gasteiger partial charge >= 0.3 is 0 Å². The Hall–Kier alpha value is -1.30. The Balaban J connectivity index is 2.54. The van der Waals surface area contributed by atoms with E-state index >= 15 is 0 Å². The normalized spacial score (nSPS) is 12.4. The second-order valence-electron chi connectivity index (χ2n) is 3.05. The first-order valence-corrected chi connectivity index (χ1v) is 4.12. The third kappa shape index (κ3) is 2.09. The molecule has 64 valence electrons. The molecule has 3 nitrogen and oxygen atoms in total. The third-order valence-electron chi connectivity index (χ3n) is 1.88. The van der Waals surface area contributed by atoms with Gasteiger partial charge in [-0.25, -0.2) is 4.98 Å². The van der Waals surface area contributed by atoms with Crippen molar-refractivity contribution in [1.82, 2.24) is 9.97 Å². The van der Waals surface area contributed by atoms with E-state index in [1.54, 1.807) is 0 Å². The first-order chi connectivity index (χ1) is 5.74. The zero-order valence-corrected chi connectivity index (χ0v) is 7.46. The van der Waals surface area contributed by atoms with E-state index in [2.05, 4.69) is 23.0 Å². The molecule has 0 saturated heterocycles. The van der Waals surface area contributed by atoms with E-state index in [1.807, 2.05) is 13.1 Å². The Labute approximate surface area is 72.4 Å². The van der Waals surface area contributed by atoms with Gasteiger partial charge in [0, 0.05) is 24.2 Å². The van der Waals surface area contributed by atoms with Crippen LogP contribution in [0, 0.1) is 18.3 Å². The summed E-state index contributed by atoms with van der Waals surface area (Å²) in [6.45, 7) is 4.06. The van der Waals surface area contributed by atoms with Crippen LogP contribution in [0.4, 0.5) is 0 Å². The van der Waals surface area contributed by atoms with Gasteiger partial charge in [-0.15, -0.1) is 0 Å². The highest BCUT2D eigenvalue weighted by Crippen LogP contribution is 2.16. The molecular weight excluding hydrogens is 150 g/mol. The lowest BCUT2D eigenvalue weighted by Gasteiger charge is -2.03. The fourth-order valence-corrected chi connectivity index (χ4v) is 1.10. The molecule has 0 aliphatic carbocycles. The summed E-state index contributed by atoms with van der Waals surface area (Å²) < 4.78 is 0. The number of imidazole rings is 1. The summed E-state index contributed by atoms with van der Waals surface area (Å²) in [7, 11) is 0. The number of hydrogen-bond donors (Lipinski definition) is 1. The summed E-state index contributed by atoms with van der Waals surface area (Å²) in [6.07, 6.45) is 3.29. The first kappa shape index (κ1) is 8.79. The predicted molar refractivity (Wildman–Crippen MR) is 46.6 cm³/mol. The Bertz CT molecular complexity index is 282. The fraction of sp³-hybridized carbons (Fsp3) is 0.556. The molecular formula is C9H13N3. The predicted octanol–water partition coefficient (Wildman–Crippen LogP) is 2.13. The molecule has 1 heterocycles. The maximum absolute atomic E-state index is 8.39. The molecule has 0 aliphatic rings. The van der Waals surface area contributed by atoms with Gasteiger partial charge in [-0.1, -0.05) is 6.92 Å². The average Bonchev–Trinajstić information content (AvgIpc) is 2.47. The van der Waals surface area contributed by atoms with E-state index < -0.39 is 0 Å². The summed E-state index contributed by atoms with van der Waals surface area (Å²) in [4.78, 5) is 7.37. The van der Waals surface area contributed by atoms with Crippen molar-refractivity contribution in [2.24, 2.45) is 0 Å². The van der Waals surface area contributed by atoms with Crippen molar-refractivity contribution in [3.05, 3.63) is 17.7 Å². The van der Waals surface area contributed by atoms with Crippen molar-refractivity contribution in [3.8, 4) is 6.07 Å². The molecule has 0 aromatic carbocycles. The summed E-state index contributed by atoms with van der Waals surface area (Å²) >= 11 is 0. The van der Waals surface area contributed by atoms with Gasteiger partial charge in [-0.3, -0.25) is 0 Å². The van der Waals surface area contributed by atoms with Crippen LogP contribution in [0.2, 0.25) is 0 Å². The zero-order valence-electron chi connectivity index (χ0n) is 7.46. The Morgan fingerprint density at radius 2 is 2.50 bits per heavy atom. The second kappa shape index (κ2) is 3.91. The molecule has 1 unspecified atom stereocenters. The van der Waals surface area contributed by atoms with Gasteiger partial charge in [-0.2, -0.15) is 5.26 Å². The molecule has 12 heavy (non-hydrogen) atoms. The van der Waals surface area contributed by atoms with E-state index in [0.717, 1.165) is 17.9 Å². The van der Waals surface area contributed by atoms with Gasteiger partial charge in [0.2, 0.25) is 0 Å². The summed E-state index contributed by atoms with van der Waals surface area (Å²) in [6, 6.07) is 2.13. The highest BCUT2D eigenvalue weighted by atomic mass is 14.9. The summed E-state index contributed by atoms with van der Waals surface area (Å²) in [5, 5.41) is 8.39. The Morgan fingerprint density at radius 1 is 1.75 bits per heavy atom. The SMILES string of the molecule is Cc1cnc(C(C)CCC#N)[nH]1. The lowest BCUT2D eigenvalue weighted by atomic mass is 10.1. The van der Waals surface area contributed by atoms with Crippen molar-refractivity contribution in [2.45, 2.75) is 32.6 Å². The van der Waals surface area contributed by atoms with Crippen molar-refractivity contribution in [1.29, 1.82) is 5.26 Å². The van der Waals surface area contributed by atoms with Crippen molar-refractivity contribution >= 4 is 0 Å². The Kier molecular flexibility index (Phi) is 2.87. The number of rotatable bonds is 3. The molecule has 0 spiro atoms. The molecule has 0 bridgehead atoms. The van der Waals surface area contributed by atoms with Gasteiger partial charge < -0.3 is 4.98 Å². The lowest BCUT2D eigenvalue weighted by Crippen LogP contribution is -1.95. The van der Waals surface area contributed by atoms with Crippen LogP contribution in [0.25, 0.3) is 0 Å². The molecule has 1 aromatic rings. The van der Waals surface area contributed by atoms with Crippen molar-refractivity contribution in [3.63, 3.8) is 0 Å². The molecule has 0 fully saturated rings. The maximum Gasteiger partial charge on any atom is 0.109 e. The molecule has 0 amide bonds. The van der Waals surface area contributed by atoms with Crippen LogP contribution in [0.5, 0.6) is 0 Å². The number of aryl methyl sites for hydroxylation is 1. The van der Waals surface area contributed by atoms with Crippen LogP contribution in [0.15, 0.2) is 6.20 Å². The van der Waals surface area contributed by atoms with Crippen LogP contribution < -0.4 is 0 Å². The first-order valence-electron chi connectivity index (χ1n) is 4.12. The van der Waals surface area contributed by atoms with E-state index in [9.17, 15) is 0 Å². The third-order valence-corrected chi connectivity index (χ3v) is 1.88. The molecule has 0 aliphatic heterocycles. The van der Waals surface area contributed by atoms with Crippen molar-refractivity contribution < 1.29 is 0 Å². The maximum atomic E-state index is 8.39. The van der Waals surface area contributed by atoms with Crippen LogP contribution in [0.1, 0.15) is 37.2 Å². The summed E-state index contributed by atoms with van der Waals surface area (Å²) in [5.41, 5.74) is 1.08. The monoisotopic (exact) mass is 163 g/mol. The average molecular weight is 163 g/mol. The minimum Gasteiger partial charge on any atom is -0.346 e. The minimum absolute atomic E-state index is 0.360. The van der Waals surface area contributed by atoms with Gasteiger partial charge in [0.1, 0.15) is 5.82 Å². The number of nitriles is 1. The highest BCUT2D eigenvalue weighted by molar-refractivity contribution is 5.02. The number of H-pyrrole nitrogens is 1. The van der Waals surface area contributed by atoms with E-state index in [0.29, 0.717) is 12.3 Å². The number of aromatic nitrogens is 2. The molecule has 3 heteroatoms. The van der Waals surface area contributed by atoms with Gasteiger partial charge in [0.05, 0.1) is 6.07 Å². The van der Waals surface area contributed by atoms with E-state index in [-0.39, 0.29) is 0 Å². The van der Waals surface area contributed by atoms with Crippen LogP contribution in [-0.2, 0) is 0 Å². The van der Waals surface area contributed by atoms with Gasteiger partial charge in [0.15, 0.2) is 0 Å². The van der Waals surface area contributed by atoms with Crippen molar-refractivity contribution in [2.75, 3.05) is 0 Å². The molecule has 1 aromatic heterocycles. The van der Waals surface area contributed by atoms with Crippen LogP contribution in [-0.4, -0.2) is 9.97 Å². The number of nitrogens with one attached hydrogen (secondary N) is 1. The number of hydrogen-bond acceptors (Lipinski definition) is 2. The topological polar surface area (TPSA) is 52.5 Å². The quantitative estimate of drug-likeness (QED) is 0.742. The minimum atomic E-state index is 0.360. The number of nitrogens with zero attached hydrogens (tertiary/aromatic N) is 2. The molecule has 1 N–H and O–H groups in total. The zero-order chi connectivity index (χ0) is 8.97. The molecule has 1 rings (SSSR count). The van der Waals surface area contributed by atoms with Gasteiger partial charge in [0.25, 0.3) is 0 Å². The van der Waals surface area contributed by atoms with E-state index in [4.69, 9.17) is 5.26 Å². The standard InChI is InChI=1S/C9H13N3/c1-7(4-3-5-10)9-11-6-8(2)12-9/h6-7H,3-4H2,1-2H3,(H,11,12). The smallest absolute Gasteiger partial charge is 0.109 e. The van der Waals surface area contributed by atoms with Crippen LogP contribution in [0.3, 0.4) is 0 Å². The number of aromatic amines is 1. The van der Waals surface area contributed by atoms with Crippen LogP contribution >= 0.6 is 0 Å². The molecule has 1 atom stereocenters. The Morgan fingerprint density at radius 3 is 3.00 bits per heavy atom.